The number of aryl methyl sites for hydroxylation is 1. The smallest absolute Gasteiger partial charge is 0.206 e. The Kier molecular flexibility index (Phi) is 6.85. The van der Waals surface area contributed by atoms with E-state index in [2.05, 4.69) is 82.4 Å². The van der Waals surface area contributed by atoms with E-state index in [1.54, 1.807) is 0 Å². The maximum absolute atomic E-state index is 5.88. The maximum Gasteiger partial charge on any atom is 0.206 e. The summed E-state index contributed by atoms with van der Waals surface area (Å²) >= 11 is 1.92. The lowest BCUT2D eigenvalue weighted by molar-refractivity contribution is 0.317. The number of rotatable bonds is 8. The van der Waals surface area contributed by atoms with Gasteiger partial charge in [-0.05, 0) is 42.9 Å². The lowest BCUT2D eigenvalue weighted by Gasteiger charge is -2.26. The van der Waals surface area contributed by atoms with Crippen LogP contribution in [0, 0.1) is 6.92 Å². The summed E-state index contributed by atoms with van der Waals surface area (Å²) in [5.74, 6) is 1.68. The predicted molar refractivity (Wildman–Crippen MR) is 110 cm³/mol. The van der Waals surface area contributed by atoms with Crippen LogP contribution in [0.3, 0.4) is 0 Å². The van der Waals surface area contributed by atoms with Crippen molar-refractivity contribution in [2.75, 3.05) is 12.9 Å². The van der Waals surface area contributed by atoms with E-state index in [1.807, 2.05) is 11.6 Å². The average molecular weight is 340 g/mol. The summed E-state index contributed by atoms with van der Waals surface area (Å²) in [5, 5.41) is 0. The molecule has 2 aromatic carbocycles. The van der Waals surface area contributed by atoms with Crippen molar-refractivity contribution >= 4 is 17.6 Å². The normalized spacial score (nSPS) is 11.4. The Morgan fingerprint density at radius 1 is 0.958 bits per heavy atom. The van der Waals surface area contributed by atoms with Crippen LogP contribution < -0.4 is 4.74 Å². The largest absolute Gasteiger partial charge is 0.494 e. The SMILES string of the molecule is CSB(C)CCCOc1ccc(C(C)(C)c2ccc(C)cc2)cc1. The third-order valence-corrected chi connectivity index (χ3v) is 5.82. The summed E-state index contributed by atoms with van der Waals surface area (Å²) in [6, 6.07) is 17.4. The lowest BCUT2D eigenvalue weighted by Crippen LogP contribution is -2.18. The highest BCUT2D eigenvalue weighted by atomic mass is 32.2. The minimum Gasteiger partial charge on any atom is -0.494 e. The van der Waals surface area contributed by atoms with Gasteiger partial charge in [0.15, 0.2) is 0 Å². The van der Waals surface area contributed by atoms with Gasteiger partial charge in [0.2, 0.25) is 5.99 Å². The van der Waals surface area contributed by atoms with Gasteiger partial charge in [-0.3, -0.25) is 0 Å². The molecule has 0 radical (unpaired) electrons. The average Bonchev–Trinajstić information content (AvgIpc) is 2.59. The second kappa shape index (κ2) is 8.66. The van der Waals surface area contributed by atoms with Crippen molar-refractivity contribution in [3.63, 3.8) is 0 Å². The highest BCUT2D eigenvalue weighted by Crippen LogP contribution is 2.32. The van der Waals surface area contributed by atoms with Crippen LogP contribution in [0.2, 0.25) is 13.1 Å². The van der Waals surface area contributed by atoms with Crippen molar-refractivity contribution in [1.29, 1.82) is 0 Å². The Morgan fingerprint density at radius 2 is 1.50 bits per heavy atom. The summed E-state index contributed by atoms with van der Waals surface area (Å²) < 4.78 is 5.88. The molecule has 0 aliphatic carbocycles. The van der Waals surface area contributed by atoms with Gasteiger partial charge in [-0.25, -0.2) is 11.6 Å². The third-order valence-electron chi connectivity index (χ3n) is 4.78. The standard InChI is InChI=1S/C21H29BOS/c1-17-7-9-18(10-8-17)21(2,3)19-11-13-20(14-12-19)23-16-6-15-22(4)24-5/h7-14H,6,15-16H2,1-5H3. The van der Waals surface area contributed by atoms with Crippen molar-refractivity contribution in [3.05, 3.63) is 65.2 Å². The Balaban J connectivity index is 1.96. The molecule has 0 aromatic heterocycles. The first-order valence-corrected chi connectivity index (χ1v) is 10.1. The summed E-state index contributed by atoms with van der Waals surface area (Å²) in [6.07, 6.45) is 4.48. The van der Waals surface area contributed by atoms with Crippen molar-refractivity contribution < 1.29 is 4.74 Å². The van der Waals surface area contributed by atoms with Crippen molar-refractivity contribution in [1.82, 2.24) is 0 Å². The molecule has 2 rings (SSSR count). The molecule has 0 atom stereocenters. The van der Waals surface area contributed by atoms with E-state index in [0.29, 0.717) is 5.99 Å². The molecule has 0 unspecified atom stereocenters. The van der Waals surface area contributed by atoms with E-state index >= 15 is 0 Å². The molecule has 3 heteroatoms. The minimum atomic E-state index is 0.0000110. The fourth-order valence-corrected chi connectivity index (χ4v) is 3.19. The Bertz CT molecular complexity index is 619. The molecule has 24 heavy (non-hydrogen) atoms. The maximum atomic E-state index is 5.88. The predicted octanol–water partition coefficient (Wildman–Crippen LogP) is 6.07. The summed E-state index contributed by atoms with van der Waals surface area (Å²) in [7, 11) is 0. The number of hydrogen-bond acceptors (Lipinski definition) is 2. The molecule has 128 valence electrons. The van der Waals surface area contributed by atoms with Gasteiger partial charge in [0, 0.05) is 5.41 Å². The van der Waals surface area contributed by atoms with Crippen LogP contribution >= 0.6 is 11.6 Å². The molecule has 2 aromatic rings. The highest BCUT2D eigenvalue weighted by molar-refractivity contribution is 8.24. The van der Waals surface area contributed by atoms with Gasteiger partial charge in [-0.2, -0.15) is 0 Å². The number of hydrogen-bond donors (Lipinski definition) is 0. The summed E-state index contributed by atoms with van der Waals surface area (Å²) in [4.78, 5) is 0. The molecule has 0 heterocycles. The van der Waals surface area contributed by atoms with Gasteiger partial charge >= 0.3 is 0 Å². The second-order valence-corrected chi connectivity index (χ2v) is 8.33. The first kappa shape index (κ1) is 19.0. The van der Waals surface area contributed by atoms with E-state index in [-0.39, 0.29) is 5.41 Å². The zero-order chi connectivity index (χ0) is 17.6. The first-order chi connectivity index (χ1) is 11.4. The van der Waals surface area contributed by atoms with Gasteiger partial charge in [0.1, 0.15) is 5.75 Å². The highest BCUT2D eigenvalue weighted by Gasteiger charge is 2.22. The zero-order valence-electron chi connectivity index (χ0n) is 15.6. The molecule has 0 amide bonds. The fraction of sp³-hybridized carbons (Fsp3) is 0.429. The fourth-order valence-electron chi connectivity index (χ4n) is 2.78. The van der Waals surface area contributed by atoms with Crippen LogP contribution in [0.5, 0.6) is 5.75 Å². The third kappa shape index (κ3) is 5.07. The molecular formula is C21H29BOS. The van der Waals surface area contributed by atoms with E-state index in [0.717, 1.165) is 18.8 Å². The first-order valence-electron chi connectivity index (χ1n) is 8.77. The lowest BCUT2D eigenvalue weighted by atomic mass is 9.74. The minimum absolute atomic E-state index is 0.0000110. The Labute approximate surface area is 152 Å². The molecular weight excluding hydrogens is 311 g/mol. The Morgan fingerprint density at radius 3 is 2.04 bits per heavy atom. The van der Waals surface area contributed by atoms with Gasteiger partial charge in [-0.1, -0.05) is 69.0 Å². The molecule has 0 aliphatic heterocycles. The van der Waals surface area contributed by atoms with Crippen LogP contribution in [0.4, 0.5) is 0 Å². The number of benzene rings is 2. The molecule has 0 saturated carbocycles. The van der Waals surface area contributed by atoms with E-state index in [9.17, 15) is 0 Å². The van der Waals surface area contributed by atoms with Crippen LogP contribution in [-0.2, 0) is 5.41 Å². The van der Waals surface area contributed by atoms with Gasteiger partial charge in [0.25, 0.3) is 0 Å². The summed E-state index contributed by atoms with van der Waals surface area (Å²) in [5.41, 5.74) is 3.96. The van der Waals surface area contributed by atoms with Crippen molar-refractivity contribution in [2.24, 2.45) is 0 Å². The van der Waals surface area contributed by atoms with Gasteiger partial charge in [0.05, 0.1) is 6.61 Å². The monoisotopic (exact) mass is 340 g/mol. The molecule has 0 aliphatic rings. The topological polar surface area (TPSA) is 9.23 Å². The molecule has 0 saturated heterocycles. The van der Waals surface area contributed by atoms with Gasteiger partial charge in [-0.15, -0.1) is 0 Å². The molecule has 0 fully saturated rings. The van der Waals surface area contributed by atoms with E-state index < -0.39 is 0 Å². The van der Waals surface area contributed by atoms with Crippen molar-refractivity contribution in [3.8, 4) is 5.75 Å². The van der Waals surface area contributed by atoms with Crippen LogP contribution in [0.1, 0.15) is 37.0 Å². The quantitative estimate of drug-likeness (QED) is 0.426. The van der Waals surface area contributed by atoms with Gasteiger partial charge < -0.3 is 4.74 Å². The summed E-state index contributed by atoms with van der Waals surface area (Å²) in [6.45, 7) is 9.75. The van der Waals surface area contributed by atoms with Crippen LogP contribution in [0.25, 0.3) is 0 Å². The molecule has 0 N–H and O–H groups in total. The molecule has 0 spiro atoms. The zero-order valence-corrected chi connectivity index (χ0v) is 16.5. The van der Waals surface area contributed by atoms with Crippen LogP contribution in [-0.4, -0.2) is 18.9 Å². The van der Waals surface area contributed by atoms with Crippen LogP contribution in [0.15, 0.2) is 48.5 Å². The number of ether oxygens (including phenoxy) is 1. The molecule has 1 nitrogen and oxygen atoms in total. The second-order valence-electron chi connectivity index (χ2n) is 7.05. The molecule has 0 bridgehead atoms. The van der Waals surface area contributed by atoms with E-state index in [1.165, 1.54) is 23.0 Å². The van der Waals surface area contributed by atoms with E-state index in [4.69, 9.17) is 4.74 Å². The van der Waals surface area contributed by atoms with Crippen molar-refractivity contribution in [2.45, 2.75) is 45.8 Å². The Hall–Kier alpha value is -1.35.